The van der Waals surface area contributed by atoms with Crippen molar-refractivity contribution in [2.45, 2.75) is 58.1 Å². The molecule has 1 aromatic rings. The molecule has 1 atom stereocenters. The van der Waals surface area contributed by atoms with Crippen molar-refractivity contribution in [3.63, 3.8) is 0 Å². The molecule has 106 valence electrons. The Morgan fingerprint density at radius 2 is 2.05 bits per heavy atom. The lowest BCUT2D eigenvalue weighted by molar-refractivity contribution is -0.0837. The summed E-state index contributed by atoms with van der Waals surface area (Å²) in [6.07, 6.45) is 4.80. The third-order valence-corrected chi connectivity index (χ3v) is 4.75. The molecule has 0 spiro atoms. The first kappa shape index (κ1) is 14.5. The first-order valence-electron chi connectivity index (χ1n) is 7.46. The zero-order chi connectivity index (χ0) is 13.9. The van der Waals surface area contributed by atoms with Gasteiger partial charge in [0.05, 0.1) is 5.60 Å². The Balaban J connectivity index is 2.22. The van der Waals surface area contributed by atoms with Crippen LogP contribution in [0.25, 0.3) is 0 Å². The second-order valence-electron chi connectivity index (χ2n) is 5.84. The summed E-state index contributed by atoms with van der Waals surface area (Å²) in [7, 11) is 1.87. The maximum absolute atomic E-state index is 5.80. The van der Waals surface area contributed by atoms with Crippen LogP contribution in [0, 0.1) is 13.8 Å². The topological polar surface area (TPSA) is 21.3 Å². The Morgan fingerprint density at radius 1 is 1.32 bits per heavy atom. The molecule has 1 aliphatic carbocycles. The summed E-state index contributed by atoms with van der Waals surface area (Å²) in [6.45, 7) is 7.60. The average molecular weight is 261 g/mol. The van der Waals surface area contributed by atoms with Crippen LogP contribution < -0.4 is 5.32 Å². The molecule has 2 nitrogen and oxygen atoms in total. The van der Waals surface area contributed by atoms with Crippen LogP contribution in [0.1, 0.15) is 55.3 Å². The lowest BCUT2D eigenvalue weighted by atomic mass is 9.74. The van der Waals surface area contributed by atoms with E-state index in [1.807, 2.05) is 7.11 Å². The fourth-order valence-electron chi connectivity index (χ4n) is 3.12. The highest BCUT2D eigenvalue weighted by Gasteiger charge is 2.39. The van der Waals surface area contributed by atoms with Crippen molar-refractivity contribution in [2.24, 2.45) is 0 Å². The van der Waals surface area contributed by atoms with Crippen LogP contribution in [0.4, 0.5) is 0 Å². The predicted octanol–water partition coefficient (Wildman–Crippen LogP) is 3.91. The number of hydrogen-bond donors (Lipinski definition) is 1. The van der Waals surface area contributed by atoms with E-state index >= 15 is 0 Å². The van der Waals surface area contributed by atoms with Crippen LogP contribution in [-0.2, 0) is 4.74 Å². The third-order valence-electron chi connectivity index (χ3n) is 4.75. The largest absolute Gasteiger partial charge is 0.378 e. The van der Waals surface area contributed by atoms with Gasteiger partial charge in [-0.2, -0.15) is 0 Å². The van der Waals surface area contributed by atoms with Crippen molar-refractivity contribution < 1.29 is 4.74 Å². The van der Waals surface area contributed by atoms with Gasteiger partial charge in [0, 0.05) is 13.2 Å². The van der Waals surface area contributed by atoms with Gasteiger partial charge in [-0.3, -0.25) is 0 Å². The highest BCUT2D eigenvalue weighted by atomic mass is 16.5. The molecule has 19 heavy (non-hydrogen) atoms. The van der Waals surface area contributed by atoms with Gasteiger partial charge in [0.25, 0.3) is 0 Å². The molecule has 2 heteroatoms. The van der Waals surface area contributed by atoms with E-state index in [0.717, 1.165) is 13.0 Å². The molecule has 1 aliphatic rings. The Hall–Kier alpha value is -0.860. The van der Waals surface area contributed by atoms with Gasteiger partial charge in [-0.05, 0) is 62.8 Å². The molecule has 0 aliphatic heterocycles. The molecule has 1 N–H and O–H groups in total. The van der Waals surface area contributed by atoms with Gasteiger partial charge < -0.3 is 10.1 Å². The molecule has 1 fully saturated rings. The van der Waals surface area contributed by atoms with Gasteiger partial charge in [-0.1, -0.05) is 25.1 Å². The number of hydrogen-bond acceptors (Lipinski definition) is 2. The van der Waals surface area contributed by atoms with E-state index in [1.165, 1.54) is 36.0 Å². The summed E-state index contributed by atoms with van der Waals surface area (Å²) >= 11 is 0. The monoisotopic (exact) mass is 261 g/mol. The third kappa shape index (κ3) is 3.01. The number of methoxy groups -OCH3 is 1. The maximum Gasteiger partial charge on any atom is 0.0697 e. The molecule has 0 heterocycles. The van der Waals surface area contributed by atoms with Crippen molar-refractivity contribution in [2.75, 3.05) is 13.7 Å². The van der Waals surface area contributed by atoms with Crippen LogP contribution in [0.15, 0.2) is 18.2 Å². The van der Waals surface area contributed by atoms with Crippen molar-refractivity contribution in [3.8, 4) is 0 Å². The van der Waals surface area contributed by atoms with Gasteiger partial charge in [0.15, 0.2) is 0 Å². The fraction of sp³-hybridized carbons (Fsp3) is 0.647. The first-order chi connectivity index (χ1) is 9.12. The number of nitrogens with one attached hydrogen (secondary N) is 1. The average Bonchev–Trinajstić information content (AvgIpc) is 2.36. The van der Waals surface area contributed by atoms with Crippen LogP contribution in [0.3, 0.4) is 0 Å². The molecule has 0 radical (unpaired) electrons. The van der Waals surface area contributed by atoms with Crippen LogP contribution in [0.2, 0.25) is 0 Å². The summed E-state index contributed by atoms with van der Waals surface area (Å²) in [5, 5.41) is 3.65. The molecule has 0 aromatic heterocycles. The van der Waals surface area contributed by atoms with Gasteiger partial charge in [0.2, 0.25) is 0 Å². The van der Waals surface area contributed by atoms with E-state index in [1.54, 1.807) is 0 Å². The van der Waals surface area contributed by atoms with Crippen molar-refractivity contribution in [3.05, 3.63) is 34.9 Å². The number of benzene rings is 1. The van der Waals surface area contributed by atoms with E-state index in [-0.39, 0.29) is 5.60 Å². The first-order valence-corrected chi connectivity index (χ1v) is 7.46. The molecule has 0 saturated heterocycles. The number of aryl methyl sites for hydroxylation is 1. The van der Waals surface area contributed by atoms with E-state index in [9.17, 15) is 0 Å². The smallest absolute Gasteiger partial charge is 0.0697 e. The summed E-state index contributed by atoms with van der Waals surface area (Å²) < 4.78 is 5.80. The lowest BCUT2D eigenvalue weighted by Gasteiger charge is -2.43. The summed E-state index contributed by atoms with van der Waals surface area (Å²) in [5.41, 5.74) is 4.34. The Labute approximate surface area is 117 Å². The van der Waals surface area contributed by atoms with E-state index in [2.05, 4.69) is 44.3 Å². The fourth-order valence-corrected chi connectivity index (χ4v) is 3.12. The minimum atomic E-state index is 0.114. The molecule has 1 unspecified atom stereocenters. The van der Waals surface area contributed by atoms with Gasteiger partial charge >= 0.3 is 0 Å². The molecule has 1 saturated carbocycles. The summed E-state index contributed by atoms with van der Waals surface area (Å²) in [5.74, 6) is 0. The van der Waals surface area contributed by atoms with Crippen LogP contribution in [0.5, 0.6) is 0 Å². The molecule has 1 aromatic carbocycles. The Kier molecular flexibility index (Phi) is 4.64. The quantitative estimate of drug-likeness (QED) is 0.838. The lowest BCUT2D eigenvalue weighted by Crippen LogP contribution is -2.43. The highest BCUT2D eigenvalue weighted by Crippen LogP contribution is 2.42. The van der Waals surface area contributed by atoms with Crippen molar-refractivity contribution in [1.82, 2.24) is 5.32 Å². The minimum Gasteiger partial charge on any atom is -0.378 e. The summed E-state index contributed by atoms with van der Waals surface area (Å²) in [6, 6.07) is 7.03. The zero-order valence-electron chi connectivity index (χ0n) is 12.8. The van der Waals surface area contributed by atoms with Gasteiger partial charge in [0.1, 0.15) is 0 Å². The molecule has 0 amide bonds. The summed E-state index contributed by atoms with van der Waals surface area (Å²) in [4.78, 5) is 0. The van der Waals surface area contributed by atoms with Crippen molar-refractivity contribution in [1.29, 1.82) is 0 Å². The van der Waals surface area contributed by atoms with E-state index in [0.29, 0.717) is 6.04 Å². The number of ether oxygens (including phenoxy) is 1. The second-order valence-corrected chi connectivity index (χ2v) is 5.84. The molecular weight excluding hydrogens is 234 g/mol. The molecule has 2 rings (SSSR count). The molecule has 0 bridgehead atoms. The zero-order valence-corrected chi connectivity index (χ0v) is 12.8. The van der Waals surface area contributed by atoms with Gasteiger partial charge in [-0.15, -0.1) is 0 Å². The van der Waals surface area contributed by atoms with Crippen LogP contribution in [-0.4, -0.2) is 19.3 Å². The Bertz CT molecular complexity index is 418. The van der Waals surface area contributed by atoms with E-state index in [4.69, 9.17) is 4.74 Å². The standard InChI is InChI=1S/C17H27NO/c1-5-18-16(12-17(19-4)10-7-11-17)15-9-6-8-13(2)14(15)3/h6,8-9,16,18H,5,7,10-12H2,1-4H3. The minimum absolute atomic E-state index is 0.114. The highest BCUT2D eigenvalue weighted by molar-refractivity contribution is 5.35. The maximum atomic E-state index is 5.80. The number of rotatable bonds is 6. The molecular formula is C17H27NO. The SMILES string of the molecule is CCNC(CC1(OC)CCC1)c1cccc(C)c1C. The van der Waals surface area contributed by atoms with Gasteiger partial charge in [-0.25, -0.2) is 0 Å². The second kappa shape index (κ2) is 6.06. The normalized spacial score (nSPS) is 18.9. The predicted molar refractivity (Wildman–Crippen MR) is 80.5 cm³/mol. The van der Waals surface area contributed by atoms with Crippen molar-refractivity contribution >= 4 is 0 Å². The Morgan fingerprint density at radius 3 is 2.58 bits per heavy atom. The van der Waals surface area contributed by atoms with Crippen LogP contribution >= 0.6 is 0 Å². The van der Waals surface area contributed by atoms with E-state index < -0.39 is 0 Å².